The minimum atomic E-state index is -0.308. The van der Waals surface area contributed by atoms with Crippen molar-refractivity contribution < 1.29 is 14.3 Å². The van der Waals surface area contributed by atoms with Gasteiger partial charge < -0.3 is 19.9 Å². The van der Waals surface area contributed by atoms with Gasteiger partial charge in [0.15, 0.2) is 0 Å². The van der Waals surface area contributed by atoms with Crippen LogP contribution in [0.25, 0.3) is 0 Å². The van der Waals surface area contributed by atoms with Gasteiger partial charge in [-0.15, -0.1) is 0 Å². The van der Waals surface area contributed by atoms with Crippen molar-refractivity contribution in [3.63, 3.8) is 0 Å². The third-order valence-corrected chi connectivity index (χ3v) is 4.82. The maximum Gasteiger partial charge on any atom is 0.307 e. The highest BCUT2D eigenvalue weighted by Gasteiger charge is 2.12. The predicted molar refractivity (Wildman–Crippen MR) is 102 cm³/mol. The fourth-order valence-corrected chi connectivity index (χ4v) is 3.28. The SMILES string of the molecule is COCCNC(=O)c1ccc(NC(=O)CCn2c(C)csc2=O)cc1Cl. The highest BCUT2D eigenvalue weighted by molar-refractivity contribution is 7.07. The lowest BCUT2D eigenvalue weighted by molar-refractivity contribution is -0.116. The highest BCUT2D eigenvalue weighted by Crippen LogP contribution is 2.21. The molecule has 2 rings (SSSR count). The molecular weight excluding hydrogens is 378 g/mol. The van der Waals surface area contributed by atoms with E-state index in [2.05, 4.69) is 10.6 Å². The third kappa shape index (κ3) is 5.42. The smallest absolute Gasteiger partial charge is 0.307 e. The van der Waals surface area contributed by atoms with Gasteiger partial charge in [0.25, 0.3) is 5.91 Å². The largest absolute Gasteiger partial charge is 0.383 e. The van der Waals surface area contributed by atoms with E-state index in [4.69, 9.17) is 16.3 Å². The van der Waals surface area contributed by atoms with Crippen LogP contribution in [0.5, 0.6) is 0 Å². The van der Waals surface area contributed by atoms with Crippen molar-refractivity contribution >= 4 is 40.4 Å². The number of carbonyl (C=O) groups excluding carboxylic acids is 2. The third-order valence-electron chi connectivity index (χ3n) is 3.63. The number of anilines is 1. The van der Waals surface area contributed by atoms with E-state index in [1.54, 1.807) is 29.2 Å². The second-order valence-electron chi connectivity index (χ2n) is 5.54. The zero-order chi connectivity index (χ0) is 19.1. The van der Waals surface area contributed by atoms with Gasteiger partial charge in [-0.2, -0.15) is 0 Å². The van der Waals surface area contributed by atoms with E-state index in [1.165, 1.54) is 6.07 Å². The molecule has 0 aliphatic heterocycles. The number of ether oxygens (including phenoxy) is 1. The quantitative estimate of drug-likeness (QED) is 0.669. The predicted octanol–water partition coefficient (Wildman–Crippen LogP) is 2.28. The van der Waals surface area contributed by atoms with Crippen molar-refractivity contribution in [2.45, 2.75) is 19.9 Å². The maximum absolute atomic E-state index is 12.1. The Morgan fingerprint density at radius 3 is 2.73 bits per heavy atom. The Morgan fingerprint density at radius 2 is 2.12 bits per heavy atom. The molecule has 0 unspecified atom stereocenters. The summed E-state index contributed by atoms with van der Waals surface area (Å²) in [6, 6.07) is 4.68. The van der Waals surface area contributed by atoms with Crippen molar-refractivity contribution in [2.75, 3.05) is 25.6 Å². The lowest BCUT2D eigenvalue weighted by Gasteiger charge is -2.10. The van der Waals surface area contributed by atoms with Crippen LogP contribution in [-0.2, 0) is 16.1 Å². The van der Waals surface area contributed by atoms with Crippen LogP contribution in [0, 0.1) is 6.92 Å². The summed E-state index contributed by atoms with van der Waals surface area (Å²) in [7, 11) is 1.55. The van der Waals surface area contributed by atoms with Gasteiger partial charge in [0.1, 0.15) is 0 Å². The van der Waals surface area contributed by atoms with Crippen LogP contribution in [-0.4, -0.2) is 36.6 Å². The summed E-state index contributed by atoms with van der Waals surface area (Å²) in [5.41, 5.74) is 1.64. The number of aryl methyl sites for hydroxylation is 1. The Morgan fingerprint density at radius 1 is 1.35 bits per heavy atom. The van der Waals surface area contributed by atoms with Crippen molar-refractivity contribution in [1.29, 1.82) is 0 Å². The molecule has 0 spiro atoms. The van der Waals surface area contributed by atoms with E-state index in [1.807, 2.05) is 6.92 Å². The van der Waals surface area contributed by atoms with Gasteiger partial charge in [-0.05, 0) is 25.1 Å². The lowest BCUT2D eigenvalue weighted by Crippen LogP contribution is -2.27. The number of aromatic nitrogens is 1. The summed E-state index contributed by atoms with van der Waals surface area (Å²) < 4.78 is 6.43. The fourth-order valence-electron chi connectivity index (χ4n) is 2.25. The second kappa shape index (κ2) is 9.51. The van der Waals surface area contributed by atoms with Crippen LogP contribution in [0.3, 0.4) is 0 Å². The van der Waals surface area contributed by atoms with Crippen LogP contribution in [0.4, 0.5) is 5.69 Å². The summed E-state index contributed by atoms with van der Waals surface area (Å²) in [6.45, 7) is 2.93. The molecular formula is C17H20ClN3O4S. The number of amides is 2. The molecule has 26 heavy (non-hydrogen) atoms. The molecule has 2 amide bonds. The van der Waals surface area contributed by atoms with E-state index in [0.29, 0.717) is 30.9 Å². The van der Waals surface area contributed by atoms with E-state index in [9.17, 15) is 14.4 Å². The summed E-state index contributed by atoms with van der Waals surface area (Å²) >= 11 is 7.25. The first-order chi connectivity index (χ1) is 12.4. The highest BCUT2D eigenvalue weighted by atomic mass is 35.5. The molecule has 0 bridgehead atoms. The Bertz CT molecular complexity index is 847. The molecule has 2 aromatic rings. The molecule has 9 heteroatoms. The van der Waals surface area contributed by atoms with Crippen molar-refractivity contribution in [3.05, 3.63) is 49.5 Å². The molecule has 0 saturated heterocycles. The van der Waals surface area contributed by atoms with Gasteiger partial charge in [0.2, 0.25) is 5.91 Å². The maximum atomic E-state index is 12.1. The average Bonchev–Trinajstić information content (AvgIpc) is 2.91. The lowest BCUT2D eigenvalue weighted by atomic mass is 10.2. The van der Waals surface area contributed by atoms with Crippen LogP contribution < -0.4 is 15.5 Å². The number of rotatable bonds is 8. The molecule has 1 heterocycles. The van der Waals surface area contributed by atoms with Gasteiger partial charge in [-0.1, -0.05) is 22.9 Å². The van der Waals surface area contributed by atoms with Crippen LogP contribution in [0.1, 0.15) is 22.5 Å². The number of carbonyl (C=O) groups is 2. The summed E-state index contributed by atoms with van der Waals surface area (Å²) in [6.07, 6.45) is 0.161. The summed E-state index contributed by atoms with van der Waals surface area (Å²) in [5.74, 6) is -0.548. The normalized spacial score (nSPS) is 10.6. The number of methoxy groups -OCH3 is 1. The fraction of sp³-hybridized carbons (Fsp3) is 0.353. The topological polar surface area (TPSA) is 89.4 Å². The van der Waals surface area contributed by atoms with Gasteiger partial charge in [-0.25, -0.2) is 0 Å². The number of hydrogen-bond donors (Lipinski definition) is 2. The molecule has 1 aromatic carbocycles. The molecule has 0 saturated carbocycles. The van der Waals surface area contributed by atoms with E-state index in [-0.39, 0.29) is 28.1 Å². The molecule has 1 aromatic heterocycles. The molecule has 0 fully saturated rings. The van der Waals surface area contributed by atoms with Crippen molar-refractivity contribution in [2.24, 2.45) is 0 Å². The first-order valence-corrected chi connectivity index (χ1v) is 9.19. The number of thiazole rings is 1. The molecule has 0 atom stereocenters. The first-order valence-electron chi connectivity index (χ1n) is 7.94. The number of hydrogen-bond acceptors (Lipinski definition) is 5. The van der Waals surface area contributed by atoms with E-state index >= 15 is 0 Å². The minimum absolute atomic E-state index is 0.0813. The Balaban J connectivity index is 1.93. The van der Waals surface area contributed by atoms with E-state index in [0.717, 1.165) is 17.0 Å². The number of nitrogens with zero attached hydrogens (tertiary/aromatic N) is 1. The molecule has 0 aliphatic rings. The minimum Gasteiger partial charge on any atom is -0.383 e. The van der Waals surface area contributed by atoms with Crippen molar-refractivity contribution in [1.82, 2.24) is 9.88 Å². The van der Waals surface area contributed by atoms with E-state index < -0.39 is 0 Å². The zero-order valence-corrected chi connectivity index (χ0v) is 16.1. The Hall–Kier alpha value is -2.16. The Kier molecular flexibility index (Phi) is 7.38. The molecule has 2 N–H and O–H groups in total. The van der Waals surface area contributed by atoms with Gasteiger partial charge in [0.05, 0.1) is 17.2 Å². The molecule has 0 aliphatic carbocycles. The molecule has 7 nitrogen and oxygen atoms in total. The molecule has 0 radical (unpaired) electrons. The Labute approximate surface area is 159 Å². The van der Waals surface area contributed by atoms with Crippen LogP contribution in [0.15, 0.2) is 28.4 Å². The number of benzene rings is 1. The standard InChI is InChI=1S/C17H20ClN3O4S/c1-11-10-26-17(24)21(11)7-5-15(22)20-12-3-4-13(14(18)9-12)16(23)19-6-8-25-2/h3-4,9-10H,5-8H2,1-2H3,(H,19,23)(H,20,22). The average molecular weight is 398 g/mol. The monoisotopic (exact) mass is 397 g/mol. The summed E-state index contributed by atoms with van der Waals surface area (Å²) in [5, 5.41) is 7.39. The van der Waals surface area contributed by atoms with Crippen LogP contribution in [0.2, 0.25) is 5.02 Å². The number of nitrogens with one attached hydrogen (secondary N) is 2. The second-order valence-corrected chi connectivity index (χ2v) is 6.76. The van der Waals surface area contributed by atoms with Gasteiger partial charge in [0, 0.05) is 43.4 Å². The van der Waals surface area contributed by atoms with Gasteiger partial charge >= 0.3 is 4.87 Å². The first kappa shape index (κ1) is 20.2. The zero-order valence-electron chi connectivity index (χ0n) is 14.5. The summed E-state index contributed by atoms with van der Waals surface area (Å²) in [4.78, 5) is 35.6. The van der Waals surface area contributed by atoms with Gasteiger partial charge in [-0.3, -0.25) is 14.4 Å². The number of halogens is 1. The van der Waals surface area contributed by atoms with Crippen molar-refractivity contribution in [3.8, 4) is 0 Å². The molecule has 140 valence electrons. The van der Waals surface area contributed by atoms with Crippen LogP contribution >= 0.6 is 22.9 Å².